The summed E-state index contributed by atoms with van der Waals surface area (Å²) in [6.45, 7) is 4.02. The first-order chi connectivity index (χ1) is 12.5. The highest BCUT2D eigenvalue weighted by Gasteiger charge is 2.08. The summed E-state index contributed by atoms with van der Waals surface area (Å²) < 4.78 is 1.00. The largest absolute Gasteiger partial charge is 0.272 e. The predicted molar refractivity (Wildman–Crippen MR) is 112 cm³/mol. The number of thioether (sulfide) groups is 1. The lowest BCUT2D eigenvalue weighted by molar-refractivity contribution is -0.118. The Hall–Kier alpha value is -2.18. The molecule has 0 fully saturated rings. The Morgan fingerprint density at radius 2 is 2.00 bits per heavy atom. The van der Waals surface area contributed by atoms with Gasteiger partial charge in [-0.15, -0.1) is 11.8 Å². The van der Waals surface area contributed by atoms with Crippen molar-refractivity contribution in [3.8, 4) is 0 Å². The fourth-order valence-electron chi connectivity index (χ4n) is 2.50. The molecule has 6 heteroatoms. The molecule has 1 heterocycles. The second-order valence-electron chi connectivity index (χ2n) is 5.87. The van der Waals surface area contributed by atoms with Crippen LogP contribution in [0, 0.1) is 13.8 Å². The number of fused-ring (bicyclic) bond motifs is 1. The Balaban J connectivity index is 1.64. The van der Waals surface area contributed by atoms with Crippen LogP contribution in [0.2, 0.25) is 0 Å². The molecule has 0 aliphatic carbocycles. The third kappa shape index (κ3) is 4.71. The van der Waals surface area contributed by atoms with Crippen molar-refractivity contribution in [2.24, 2.45) is 5.10 Å². The Kier molecular flexibility index (Phi) is 6.06. The Labute approximate surface area is 165 Å². The summed E-state index contributed by atoms with van der Waals surface area (Å²) in [6.07, 6.45) is 1.63. The number of para-hydroxylation sites is 1. The molecular weight excluding hydrogens is 410 g/mol. The minimum atomic E-state index is -0.140. The van der Waals surface area contributed by atoms with Crippen LogP contribution in [0.25, 0.3) is 10.9 Å². The molecule has 0 aliphatic heterocycles. The average Bonchev–Trinajstić information content (AvgIpc) is 2.62. The first kappa shape index (κ1) is 18.6. The van der Waals surface area contributed by atoms with E-state index in [0.717, 1.165) is 37.1 Å². The molecule has 0 aliphatic rings. The lowest BCUT2D eigenvalue weighted by Crippen LogP contribution is -2.19. The van der Waals surface area contributed by atoms with Gasteiger partial charge in [-0.3, -0.25) is 9.78 Å². The molecule has 4 nitrogen and oxygen atoms in total. The molecule has 1 aromatic heterocycles. The monoisotopic (exact) mass is 427 g/mol. The molecule has 132 valence electrons. The van der Waals surface area contributed by atoms with Crippen molar-refractivity contribution in [3.05, 3.63) is 69.8 Å². The molecule has 0 saturated carbocycles. The topological polar surface area (TPSA) is 54.4 Å². The fraction of sp³-hybridized carbons (Fsp3) is 0.150. The Morgan fingerprint density at radius 3 is 2.77 bits per heavy atom. The van der Waals surface area contributed by atoms with Crippen LogP contribution >= 0.6 is 27.7 Å². The van der Waals surface area contributed by atoms with Gasteiger partial charge < -0.3 is 0 Å². The first-order valence-corrected chi connectivity index (χ1v) is 9.88. The summed E-state index contributed by atoms with van der Waals surface area (Å²) in [5, 5.41) is 5.09. The van der Waals surface area contributed by atoms with Crippen LogP contribution in [-0.4, -0.2) is 22.9 Å². The number of pyridine rings is 1. The molecular formula is C20H18BrN3OS. The summed E-state index contributed by atoms with van der Waals surface area (Å²) >= 11 is 4.88. The Morgan fingerprint density at radius 1 is 1.23 bits per heavy atom. The van der Waals surface area contributed by atoms with E-state index in [1.165, 1.54) is 11.8 Å². The molecule has 2 aromatic carbocycles. The molecule has 0 atom stereocenters. The van der Waals surface area contributed by atoms with Crippen LogP contribution in [0.3, 0.4) is 0 Å². The lowest BCUT2D eigenvalue weighted by atomic mass is 10.1. The van der Waals surface area contributed by atoms with Gasteiger partial charge in [0.25, 0.3) is 0 Å². The van der Waals surface area contributed by atoms with Crippen molar-refractivity contribution in [1.82, 2.24) is 10.4 Å². The van der Waals surface area contributed by atoms with Crippen molar-refractivity contribution in [2.45, 2.75) is 18.7 Å². The molecule has 0 bridgehead atoms. The van der Waals surface area contributed by atoms with Gasteiger partial charge in [-0.25, -0.2) is 5.43 Å². The van der Waals surface area contributed by atoms with Crippen molar-refractivity contribution in [2.75, 3.05) is 5.75 Å². The number of aryl methyl sites for hydroxylation is 2. The second-order valence-corrected chi connectivity index (χ2v) is 7.80. The molecule has 1 N–H and O–H groups in total. The standard InChI is InChI=1S/C20H18BrN3OS/c1-13-4-3-5-17-18(10-14(2)23-20(13)17)26-12-19(25)24-22-11-15-6-8-16(21)9-7-15/h3-11H,12H2,1-2H3,(H,24,25)/b22-11+. The highest BCUT2D eigenvalue weighted by Crippen LogP contribution is 2.29. The zero-order valence-corrected chi connectivity index (χ0v) is 16.9. The zero-order chi connectivity index (χ0) is 18.5. The fourth-order valence-corrected chi connectivity index (χ4v) is 3.69. The van der Waals surface area contributed by atoms with Crippen LogP contribution in [-0.2, 0) is 4.79 Å². The van der Waals surface area contributed by atoms with Crippen molar-refractivity contribution < 1.29 is 4.79 Å². The van der Waals surface area contributed by atoms with Gasteiger partial charge in [0, 0.05) is 20.4 Å². The number of benzene rings is 2. The van der Waals surface area contributed by atoms with E-state index < -0.39 is 0 Å². The summed E-state index contributed by atoms with van der Waals surface area (Å²) in [5.74, 6) is 0.156. The van der Waals surface area contributed by atoms with Crippen LogP contribution < -0.4 is 5.43 Å². The summed E-state index contributed by atoms with van der Waals surface area (Å²) in [6, 6.07) is 15.8. The number of carbonyl (C=O) groups excluding carboxylic acids is 1. The predicted octanol–water partition coefficient (Wildman–Crippen LogP) is 4.86. The van der Waals surface area contributed by atoms with Crippen molar-refractivity contribution >= 4 is 50.7 Å². The zero-order valence-electron chi connectivity index (χ0n) is 14.5. The van der Waals surface area contributed by atoms with E-state index >= 15 is 0 Å². The van der Waals surface area contributed by atoms with E-state index in [-0.39, 0.29) is 5.91 Å². The highest BCUT2D eigenvalue weighted by molar-refractivity contribution is 9.10. The first-order valence-electron chi connectivity index (χ1n) is 8.10. The number of aromatic nitrogens is 1. The van der Waals surface area contributed by atoms with Crippen LogP contribution in [0.15, 0.2) is 63.0 Å². The minimum absolute atomic E-state index is 0.140. The molecule has 26 heavy (non-hydrogen) atoms. The van der Waals surface area contributed by atoms with Gasteiger partial charge in [0.05, 0.1) is 17.5 Å². The van der Waals surface area contributed by atoms with Crippen molar-refractivity contribution in [1.29, 1.82) is 0 Å². The van der Waals surface area contributed by atoms with E-state index in [0.29, 0.717) is 5.75 Å². The quantitative estimate of drug-likeness (QED) is 0.359. The average molecular weight is 428 g/mol. The van der Waals surface area contributed by atoms with E-state index in [4.69, 9.17) is 0 Å². The van der Waals surface area contributed by atoms with Gasteiger partial charge in [-0.05, 0) is 43.2 Å². The van der Waals surface area contributed by atoms with Gasteiger partial charge in [0.1, 0.15) is 0 Å². The van der Waals surface area contributed by atoms with Crippen molar-refractivity contribution in [3.63, 3.8) is 0 Å². The Bertz CT molecular complexity index is 971. The highest BCUT2D eigenvalue weighted by atomic mass is 79.9. The number of hydrogen-bond acceptors (Lipinski definition) is 4. The number of rotatable bonds is 5. The maximum absolute atomic E-state index is 12.1. The van der Waals surface area contributed by atoms with Crippen LogP contribution in [0.4, 0.5) is 0 Å². The van der Waals surface area contributed by atoms with E-state index in [2.05, 4.69) is 31.4 Å². The summed E-state index contributed by atoms with van der Waals surface area (Å²) in [7, 11) is 0. The van der Waals surface area contributed by atoms with Crippen LogP contribution in [0.1, 0.15) is 16.8 Å². The molecule has 0 saturated heterocycles. The number of amides is 1. The van der Waals surface area contributed by atoms with Gasteiger partial charge in [0.2, 0.25) is 5.91 Å². The normalized spacial score (nSPS) is 11.2. The maximum Gasteiger partial charge on any atom is 0.250 e. The summed E-state index contributed by atoms with van der Waals surface area (Å²) in [5.41, 5.74) is 6.57. The SMILES string of the molecule is Cc1cc(SCC(=O)N/N=C/c2ccc(Br)cc2)c2cccc(C)c2n1. The smallest absolute Gasteiger partial charge is 0.250 e. The van der Waals surface area contributed by atoms with Gasteiger partial charge >= 0.3 is 0 Å². The second kappa shape index (κ2) is 8.47. The third-order valence-electron chi connectivity index (χ3n) is 3.76. The molecule has 0 radical (unpaired) electrons. The number of halogens is 1. The van der Waals surface area contributed by atoms with E-state index in [1.54, 1.807) is 6.21 Å². The molecule has 1 amide bonds. The molecule has 0 unspecified atom stereocenters. The number of nitrogens with zero attached hydrogens (tertiary/aromatic N) is 2. The number of hydrogen-bond donors (Lipinski definition) is 1. The third-order valence-corrected chi connectivity index (χ3v) is 5.35. The molecule has 0 spiro atoms. The lowest BCUT2D eigenvalue weighted by Gasteiger charge is -2.09. The minimum Gasteiger partial charge on any atom is -0.272 e. The van der Waals surface area contributed by atoms with Gasteiger partial charge in [0.15, 0.2) is 0 Å². The van der Waals surface area contributed by atoms with Crippen LogP contribution in [0.5, 0.6) is 0 Å². The van der Waals surface area contributed by atoms with Gasteiger partial charge in [-0.2, -0.15) is 5.10 Å². The number of carbonyl (C=O) groups is 1. The number of nitrogens with one attached hydrogen (secondary N) is 1. The van der Waals surface area contributed by atoms with Gasteiger partial charge in [-0.1, -0.05) is 46.3 Å². The number of hydrazone groups is 1. The van der Waals surface area contributed by atoms with E-state index in [1.807, 2.05) is 62.4 Å². The maximum atomic E-state index is 12.1. The van der Waals surface area contributed by atoms with E-state index in [9.17, 15) is 4.79 Å². The molecule has 3 aromatic rings. The molecule has 3 rings (SSSR count). The summed E-state index contributed by atoms with van der Waals surface area (Å²) in [4.78, 5) is 17.7.